The molecule has 0 N–H and O–H groups in total. The molecule has 0 saturated heterocycles. The number of fused-ring (bicyclic) bond motifs is 3. The Kier molecular flexibility index (Phi) is 2.19. The van der Waals surface area contributed by atoms with Crippen LogP contribution in [-0.4, -0.2) is 9.38 Å². The Morgan fingerprint density at radius 2 is 1.79 bits per heavy atom. The summed E-state index contributed by atoms with van der Waals surface area (Å²) in [6.07, 6.45) is 2.00. The maximum atomic E-state index is 12.9. The SMILES string of the molecule is Fc1ccc(-c2cn3c(n2)sc2ccccc23)cc1. The average Bonchev–Trinajstić information content (AvgIpc) is 2.97. The summed E-state index contributed by atoms with van der Waals surface area (Å²) in [5.74, 6) is -0.227. The third-order valence-electron chi connectivity index (χ3n) is 3.14. The Labute approximate surface area is 112 Å². The number of thiazole rings is 1. The number of aromatic nitrogens is 2. The summed E-state index contributed by atoms with van der Waals surface area (Å²) < 4.78 is 16.2. The Morgan fingerprint density at radius 1 is 1.00 bits per heavy atom. The maximum absolute atomic E-state index is 12.9. The molecule has 4 heteroatoms. The number of hydrogen-bond acceptors (Lipinski definition) is 2. The minimum absolute atomic E-state index is 0.227. The molecule has 0 saturated carbocycles. The van der Waals surface area contributed by atoms with E-state index in [1.165, 1.54) is 16.8 Å². The molecule has 0 aliphatic rings. The molecular weight excluding hydrogens is 259 g/mol. The van der Waals surface area contributed by atoms with Crippen LogP contribution in [0.5, 0.6) is 0 Å². The van der Waals surface area contributed by atoms with Crippen molar-refractivity contribution in [2.24, 2.45) is 0 Å². The lowest BCUT2D eigenvalue weighted by Gasteiger charge is -1.95. The van der Waals surface area contributed by atoms with Gasteiger partial charge in [-0.1, -0.05) is 23.5 Å². The predicted molar refractivity (Wildman–Crippen MR) is 76.0 cm³/mol. The first-order chi connectivity index (χ1) is 9.31. The number of nitrogens with zero attached hydrogens (tertiary/aromatic N) is 2. The van der Waals surface area contributed by atoms with Gasteiger partial charge in [-0.05, 0) is 36.4 Å². The number of imidazole rings is 1. The molecule has 2 nitrogen and oxygen atoms in total. The standard InChI is InChI=1S/C15H9FN2S/c16-11-7-5-10(6-8-11)12-9-18-13-3-1-2-4-14(13)19-15(18)17-12/h1-9H. The van der Waals surface area contributed by atoms with E-state index in [9.17, 15) is 4.39 Å². The number of rotatable bonds is 1. The largest absolute Gasteiger partial charge is 0.290 e. The summed E-state index contributed by atoms with van der Waals surface area (Å²) >= 11 is 1.66. The van der Waals surface area contributed by atoms with E-state index < -0.39 is 0 Å². The lowest BCUT2D eigenvalue weighted by atomic mass is 10.2. The van der Waals surface area contributed by atoms with Crippen LogP contribution in [0.2, 0.25) is 0 Å². The van der Waals surface area contributed by atoms with Crippen LogP contribution in [0.25, 0.3) is 26.4 Å². The van der Waals surface area contributed by atoms with Crippen LogP contribution in [0.15, 0.2) is 54.7 Å². The monoisotopic (exact) mass is 268 g/mol. The van der Waals surface area contributed by atoms with Crippen molar-refractivity contribution < 1.29 is 4.39 Å². The Bertz CT molecular complexity index is 874. The predicted octanol–water partition coefficient (Wildman–Crippen LogP) is 4.36. The molecule has 4 aromatic rings. The van der Waals surface area contributed by atoms with Crippen molar-refractivity contribution in [1.29, 1.82) is 0 Å². The highest BCUT2D eigenvalue weighted by molar-refractivity contribution is 7.23. The first kappa shape index (κ1) is 10.7. The Morgan fingerprint density at radius 3 is 2.63 bits per heavy atom. The highest BCUT2D eigenvalue weighted by Crippen LogP contribution is 2.29. The van der Waals surface area contributed by atoms with E-state index in [-0.39, 0.29) is 5.82 Å². The lowest BCUT2D eigenvalue weighted by molar-refractivity contribution is 0.628. The van der Waals surface area contributed by atoms with Gasteiger partial charge in [-0.2, -0.15) is 0 Å². The summed E-state index contributed by atoms with van der Waals surface area (Å²) in [6, 6.07) is 14.6. The molecule has 0 spiro atoms. The highest BCUT2D eigenvalue weighted by atomic mass is 32.1. The molecule has 4 rings (SSSR count). The van der Waals surface area contributed by atoms with E-state index in [0.29, 0.717) is 0 Å². The van der Waals surface area contributed by atoms with Gasteiger partial charge < -0.3 is 0 Å². The van der Waals surface area contributed by atoms with Gasteiger partial charge in [0.2, 0.25) is 0 Å². The number of hydrogen-bond donors (Lipinski definition) is 0. The summed E-state index contributed by atoms with van der Waals surface area (Å²) in [5.41, 5.74) is 2.96. The summed E-state index contributed by atoms with van der Waals surface area (Å²) in [7, 11) is 0. The van der Waals surface area contributed by atoms with Gasteiger partial charge >= 0.3 is 0 Å². The van der Waals surface area contributed by atoms with Gasteiger partial charge in [0.05, 0.1) is 15.9 Å². The first-order valence-corrected chi connectivity index (χ1v) is 6.75. The van der Waals surface area contributed by atoms with Crippen LogP contribution in [0, 0.1) is 5.82 Å². The summed E-state index contributed by atoms with van der Waals surface area (Å²) in [6.45, 7) is 0. The summed E-state index contributed by atoms with van der Waals surface area (Å²) in [4.78, 5) is 5.57. The van der Waals surface area contributed by atoms with E-state index in [0.717, 1.165) is 21.7 Å². The van der Waals surface area contributed by atoms with Crippen LogP contribution in [0.3, 0.4) is 0 Å². The lowest BCUT2D eigenvalue weighted by Crippen LogP contribution is -1.78. The highest BCUT2D eigenvalue weighted by Gasteiger charge is 2.09. The van der Waals surface area contributed by atoms with Gasteiger partial charge in [-0.3, -0.25) is 4.40 Å². The molecule has 0 amide bonds. The molecule has 2 heterocycles. The van der Waals surface area contributed by atoms with Crippen LogP contribution in [-0.2, 0) is 0 Å². The van der Waals surface area contributed by atoms with Gasteiger partial charge in [0.15, 0.2) is 4.96 Å². The first-order valence-electron chi connectivity index (χ1n) is 5.94. The van der Waals surface area contributed by atoms with Crippen molar-refractivity contribution in [2.45, 2.75) is 0 Å². The second-order valence-corrected chi connectivity index (χ2v) is 5.36. The van der Waals surface area contributed by atoms with Crippen molar-refractivity contribution in [3.05, 3.63) is 60.5 Å². The molecule has 0 fully saturated rings. The van der Waals surface area contributed by atoms with Gasteiger partial charge in [0, 0.05) is 11.8 Å². The van der Waals surface area contributed by atoms with Crippen molar-refractivity contribution in [3.63, 3.8) is 0 Å². The molecule has 2 aromatic heterocycles. The molecule has 0 unspecified atom stereocenters. The van der Waals surface area contributed by atoms with Crippen LogP contribution < -0.4 is 0 Å². The fourth-order valence-corrected chi connectivity index (χ4v) is 3.22. The molecule has 0 aliphatic heterocycles. The number of halogens is 1. The van der Waals surface area contributed by atoms with Crippen molar-refractivity contribution in [3.8, 4) is 11.3 Å². The van der Waals surface area contributed by atoms with E-state index in [1.807, 2.05) is 18.3 Å². The second kappa shape index (κ2) is 3.90. The average molecular weight is 268 g/mol. The molecule has 92 valence electrons. The fraction of sp³-hybridized carbons (Fsp3) is 0. The quantitative estimate of drug-likeness (QED) is 0.501. The maximum Gasteiger partial charge on any atom is 0.195 e. The third-order valence-corrected chi connectivity index (χ3v) is 4.18. The second-order valence-electron chi connectivity index (χ2n) is 4.36. The number of para-hydroxylation sites is 1. The Hall–Kier alpha value is -2.20. The zero-order valence-electron chi connectivity index (χ0n) is 9.88. The molecule has 2 aromatic carbocycles. The zero-order valence-corrected chi connectivity index (χ0v) is 10.7. The molecular formula is C15H9FN2S. The van der Waals surface area contributed by atoms with Gasteiger partial charge in [0.25, 0.3) is 0 Å². The van der Waals surface area contributed by atoms with Crippen LogP contribution in [0.4, 0.5) is 4.39 Å². The molecule has 0 bridgehead atoms. The smallest absolute Gasteiger partial charge is 0.195 e. The van der Waals surface area contributed by atoms with Crippen molar-refractivity contribution in [1.82, 2.24) is 9.38 Å². The minimum Gasteiger partial charge on any atom is -0.290 e. The van der Waals surface area contributed by atoms with Gasteiger partial charge in [-0.25, -0.2) is 9.37 Å². The fourth-order valence-electron chi connectivity index (χ4n) is 2.21. The third kappa shape index (κ3) is 1.64. The topological polar surface area (TPSA) is 17.3 Å². The molecule has 0 aliphatic carbocycles. The van der Waals surface area contributed by atoms with Crippen LogP contribution >= 0.6 is 11.3 Å². The zero-order chi connectivity index (χ0) is 12.8. The minimum atomic E-state index is -0.227. The van der Waals surface area contributed by atoms with E-state index in [1.54, 1.807) is 23.5 Å². The van der Waals surface area contributed by atoms with E-state index >= 15 is 0 Å². The molecule has 0 radical (unpaired) electrons. The van der Waals surface area contributed by atoms with Crippen LogP contribution in [0.1, 0.15) is 0 Å². The molecule has 19 heavy (non-hydrogen) atoms. The van der Waals surface area contributed by atoms with Crippen molar-refractivity contribution in [2.75, 3.05) is 0 Å². The van der Waals surface area contributed by atoms with Crippen molar-refractivity contribution >= 4 is 26.5 Å². The normalized spacial score (nSPS) is 11.4. The number of benzene rings is 2. The van der Waals surface area contributed by atoms with E-state index in [2.05, 4.69) is 21.5 Å². The molecule has 0 atom stereocenters. The van der Waals surface area contributed by atoms with E-state index in [4.69, 9.17) is 0 Å². The van der Waals surface area contributed by atoms with Gasteiger partial charge in [-0.15, -0.1) is 0 Å². The van der Waals surface area contributed by atoms with Gasteiger partial charge in [0.1, 0.15) is 5.82 Å². The summed E-state index contributed by atoms with van der Waals surface area (Å²) in [5, 5.41) is 0. The Balaban J connectivity index is 1.94.